The van der Waals surface area contributed by atoms with Gasteiger partial charge in [0.15, 0.2) is 0 Å². The number of rotatable bonds is 14. The van der Waals surface area contributed by atoms with Crippen LogP contribution >= 0.6 is 0 Å². The van der Waals surface area contributed by atoms with Crippen molar-refractivity contribution in [1.82, 2.24) is 40.5 Å². The van der Waals surface area contributed by atoms with Crippen LogP contribution in [-0.4, -0.2) is 114 Å². The van der Waals surface area contributed by atoms with Crippen molar-refractivity contribution in [1.29, 1.82) is 0 Å². The number of carbonyl (C=O) groups is 3. The second kappa shape index (κ2) is 22.4. The minimum absolute atomic E-state index is 0.0462. The molecule has 3 atom stereocenters. The van der Waals surface area contributed by atoms with Gasteiger partial charge in [0.05, 0.1) is 49.0 Å². The Kier molecular flexibility index (Phi) is 16.0. The van der Waals surface area contributed by atoms with Crippen LogP contribution in [0.15, 0.2) is 140 Å². The van der Waals surface area contributed by atoms with Crippen molar-refractivity contribution in [3.05, 3.63) is 162 Å². The van der Waals surface area contributed by atoms with E-state index in [-0.39, 0.29) is 55.5 Å². The highest BCUT2D eigenvalue weighted by Gasteiger charge is 2.23. The molecule has 0 saturated carbocycles. The lowest BCUT2D eigenvalue weighted by Gasteiger charge is -2.34. The Hall–Kier alpha value is -5.98. The maximum atomic E-state index is 13.7. The molecule has 63 heavy (non-hydrogen) atoms. The minimum Gasteiger partial charge on any atom is -0.348 e. The normalized spacial score (nSPS) is 16.6. The molecule has 1 aliphatic heterocycles. The fourth-order valence-electron chi connectivity index (χ4n) is 8.46. The topological polar surface area (TPSA) is 113 Å². The van der Waals surface area contributed by atoms with Gasteiger partial charge in [0.25, 0.3) is 0 Å². The van der Waals surface area contributed by atoms with Gasteiger partial charge in [-0.2, -0.15) is 0 Å². The number of nitrogens with zero attached hydrogens (tertiary/aromatic N) is 5. The summed E-state index contributed by atoms with van der Waals surface area (Å²) in [5, 5.41) is 13.1. The molecule has 1 fully saturated rings. The standard InChI is InChI=1S/C52H62N8O3/c1-39(42-17-7-4-8-18-42)53-50(61)36-58-29-27-57(35-49-47-25-14-13-23-45(47)46-24-15-16-26-48(46)56-49)28-30-59(37-51(62)54-40(2)43-19-9-5-10-20-43)32-34-60(33-31-58)38-52(63)55-41(3)44-21-11-6-12-22-44/h4-26,39-41H,27-38H2,1-3H3,(H,53,61)(H,54,62)(H,55,63)/t39-,40-,41-/m0/s1. The van der Waals surface area contributed by atoms with Crippen LogP contribution in [0.4, 0.5) is 0 Å². The number of aromatic nitrogens is 1. The molecule has 11 heteroatoms. The molecule has 328 valence electrons. The van der Waals surface area contributed by atoms with Gasteiger partial charge in [-0.3, -0.25) is 39.0 Å². The zero-order valence-electron chi connectivity index (χ0n) is 37.0. The molecular formula is C52H62N8O3. The molecule has 1 aliphatic rings. The highest BCUT2D eigenvalue weighted by Crippen LogP contribution is 2.27. The third-order valence-corrected chi connectivity index (χ3v) is 12.1. The van der Waals surface area contributed by atoms with Gasteiger partial charge >= 0.3 is 0 Å². The summed E-state index contributed by atoms with van der Waals surface area (Å²) in [7, 11) is 0. The van der Waals surface area contributed by atoms with E-state index in [2.05, 4.69) is 78.0 Å². The molecule has 3 N–H and O–H groups in total. The highest BCUT2D eigenvalue weighted by atomic mass is 16.2. The predicted octanol–water partition coefficient (Wildman–Crippen LogP) is 6.74. The van der Waals surface area contributed by atoms with Crippen molar-refractivity contribution in [3.8, 4) is 0 Å². The Balaban J connectivity index is 1.13. The molecule has 3 amide bonds. The molecule has 0 unspecified atom stereocenters. The zero-order valence-corrected chi connectivity index (χ0v) is 37.0. The molecular weight excluding hydrogens is 785 g/mol. The Morgan fingerprint density at radius 2 is 0.746 bits per heavy atom. The van der Waals surface area contributed by atoms with Gasteiger partial charge in [0.2, 0.25) is 17.7 Å². The van der Waals surface area contributed by atoms with Crippen molar-refractivity contribution >= 4 is 39.4 Å². The average molecular weight is 847 g/mol. The molecule has 0 radical (unpaired) electrons. The van der Waals surface area contributed by atoms with Crippen molar-refractivity contribution in [2.45, 2.75) is 45.4 Å². The first-order valence-corrected chi connectivity index (χ1v) is 22.4. The van der Waals surface area contributed by atoms with Crippen LogP contribution in [0.25, 0.3) is 21.7 Å². The maximum absolute atomic E-state index is 13.7. The van der Waals surface area contributed by atoms with E-state index in [1.165, 1.54) is 5.39 Å². The summed E-state index contributed by atoms with van der Waals surface area (Å²) < 4.78 is 0. The molecule has 1 saturated heterocycles. The van der Waals surface area contributed by atoms with Crippen molar-refractivity contribution in [3.63, 3.8) is 0 Å². The van der Waals surface area contributed by atoms with Crippen LogP contribution in [0.2, 0.25) is 0 Å². The fourth-order valence-corrected chi connectivity index (χ4v) is 8.46. The van der Waals surface area contributed by atoms with Gasteiger partial charge in [0, 0.05) is 69.7 Å². The molecule has 0 spiro atoms. The first kappa shape index (κ1) is 45.1. The number of nitrogens with one attached hydrogen (secondary N) is 3. The van der Waals surface area contributed by atoms with Crippen LogP contribution in [0, 0.1) is 0 Å². The number of benzene rings is 5. The SMILES string of the molecule is C[C@H](NC(=O)CN1CCN(CC(=O)N[C@@H](C)c2ccccc2)CCN(Cc2nc3ccccc3c3ccccc23)CCN(CC(=O)N[C@@H](C)c2ccccc2)CC1)c1ccccc1. The molecule has 0 bridgehead atoms. The van der Waals surface area contributed by atoms with E-state index < -0.39 is 0 Å². The van der Waals surface area contributed by atoms with E-state index in [4.69, 9.17) is 4.98 Å². The minimum atomic E-state index is -0.148. The van der Waals surface area contributed by atoms with Gasteiger partial charge in [-0.1, -0.05) is 133 Å². The van der Waals surface area contributed by atoms with E-state index in [0.29, 0.717) is 58.9 Å². The third-order valence-electron chi connectivity index (χ3n) is 12.1. The summed E-state index contributed by atoms with van der Waals surface area (Å²) in [4.78, 5) is 55.4. The van der Waals surface area contributed by atoms with Crippen LogP contribution in [-0.2, 0) is 20.9 Å². The number of carbonyl (C=O) groups excluding carboxylic acids is 3. The van der Waals surface area contributed by atoms with Gasteiger partial charge in [-0.05, 0) is 48.9 Å². The smallest absolute Gasteiger partial charge is 0.234 e. The maximum Gasteiger partial charge on any atom is 0.234 e. The Bertz CT molecular complexity index is 2320. The number of para-hydroxylation sites is 1. The Morgan fingerprint density at radius 3 is 1.14 bits per heavy atom. The molecule has 5 aromatic carbocycles. The average Bonchev–Trinajstić information content (AvgIpc) is 3.30. The number of pyridine rings is 1. The molecule has 11 nitrogen and oxygen atoms in total. The van der Waals surface area contributed by atoms with E-state index in [1.807, 2.05) is 118 Å². The molecule has 6 aromatic rings. The van der Waals surface area contributed by atoms with Gasteiger partial charge < -0.3 is 16.0 Å². The van der Waals surface area contributed by atoms with Crippen LogP contribution in [0.3, 0.4) is 0 Å². The summed E-state index contributed by atoms with van der Waals surface area (Å²) in [5.41, 5.74) is 5.10. The summed E-state index contributed by atoms with van der Waals surface area (Å²) in [6.07, 6.45) is 0. The van der Waals surface area contributed by atoms with Gasteiger partial charge in [0.1, 0.15) is 0 Å². The van der Waals surface area contributed by atoms with E-state index >= 15 is 0 Å². The predicted molar refractivity (Wildman–Crippen MR) is 253 cm³/mol. The third kappa shape index (κ3) is 13.0. The lowest BCUT2D eigenvalue weighted by molar-refractivity contribution is -0.125. The zero-order chi connectivity index (χ0) is 44.0. The number of hydrogen-bond acceptors (Lipinski definition) is 8. The molecule has 0 aliphatic carbocycles. The van der Waals surface area contributed by atoms with Gasteiger partial charge in [-0.15, -0.1) is 0 Å². The first-order chi connectivity index (χ1) is 30.7. The molecule has 1 aromatic heterocycles. The lowest BCUT2D eigenvalue weighted by atomic mass is 10.0. The number of hydrogen-bond donors (Lipinski definition) is 3. The van der Waals surface area contributed by atoms with Crippen molar-refractivity contribution < 1.29 is 14.4 Å². The monoisotopic (exact) mass is 846 g/mol. The second-order valence-electron chi connectivity index (χ2n) is 16.8. The van der Waals surface area contributed by atoms with E-state index in [0.717, 1.165) is 38.7 Å². The first-order valence-electron chi connectivity index (χ1n) is 22.4. The summed E-state index contributed by atoms with van der Waals surface area (Å²) >= 11 is 0. The summed E-state index contributed by atoms with van der Waals surface area (Å²) in [5.74, 6) is -0.160. The quantitative estimate of drug-likeness (QED) is 0.104. The largest absolute Gasteiger partial charge is 0.348 e. The highest BCUT2D eigenvalue weighted by molar-refractivity contribution is 6.06. The summed E-state index contributed by atoms with van der Waals surface area (Å²) in [6, 6.07) is 46.3. The molecule has 7 rings (SSSR count). The van der Waals surface area contributed by atoms with Crippen LogP contribution in [0.5, 0.6) is 0 Å². The van der Waals surface area contributed by atoms with Gasteiger partial charge in [-0.25, -0.2) is 0 Å². The van der Waals surface area contributed by atoms with E-state index in [1.54, 1.807) is 0 Å². The Morgan fingerprint density at radius 1 is 0.429 bits per heavy atom. The van der Waals surface area contributed by atoms with Crippen LogP contribution in [0.1, 0.15) is 61.3 Å². The fraction of sp³-hybridized carbons (Fsp3) is 0.346. The second-order valence-corrected chi connectivity index (χ2v) is 16.8. The summed E-state index contributed by atoms with van der Waals surface area (Å²) in [6.45, 7) is 12.1. The number of fused-ring (bicyclic) bond motifs is 3. The lowest BCUT2D eigenvalue weighted by Crippen LogP contribution is -2.50. The number of amides is 3. The van der Waals surface area contributed by atoms with Crippen molar-refractivity contribution in [2.24, 2.45) is 0 Å². The molecule has 2 heterocycles. The van der Waals surface area contributed by atoms with Crippen molar-refractivity contribution in [2.75, 3.05) is 72.0 Å². The van der Waals surface area contributed by atoms with E-state index in [9.17, 15) is 14.4 Å². The van der Waals surface area contributed by atoms with Crippen LogP contribution < -0.4 is 16.0 Å². The Labute approximate surface area is 372 Å².